The number of carbonyl (C=O) groups is 1. The van der Waals surface area contributed by atoms with Gasteiger partial charge in [0.05, 0.1) is 0 Å². The van der Waals surface area contributed by atoms with Gasteiger partial charge in [-0.1, -0.05) is 42.5 Å². The summed E-state index contributed by atoms with van der Waals surface area (Å²) >= 11 is 1.68. The van der Waals surface area contributed by atoms with Gasteiger partial charge in [-0.25, -0.2) is 0 Å². The molecular weight excluding hydrogens is 252 g/mol. The zero-order valence-electron chi connectivity index (χ0n) is 10.5. The minimum atomic E-state index is 0.225. The van der Waals surface area contributed by atoms with Gasteiger partial charge in [-0.15, -0.1) is 0 Å². The average molecular weight is 266 g/mol. The van der Waals surface area contributed by atoms with E-state index in [2.05, 4.69) is 16.8 Å². The van der Waals surface area contributed by atoms with Gasteiger partial charge in [-0.3, -0.25) is 4.79 Å². The topological polar surface area (TPSA) is 17.1 Å². The lowest BCUT2D eigenvalue weighted by molar-refractivity contribution is 0.0984. The molecule has 2 aromatic carbocycles. The maximum absolute atomic E-state index is 12.4. The van der Waals surface area contributed by atoms with E-state index in [-0.39, 0.29) is 5.78 Å². The molecule has 0 fully saturated rings. The van der Waals surface area contributed by atoms with Crippen molar-refractivity contribution < 1.29 is 4.79 Å². The molecule has 0 N–H and O–H groups in total. The standard InChI is InChI=1S/C17H14OS/c18-17(9-8-13-10-11-19-12-13)16-7-3-5-14-4-1-2-6-15(14)16/h1-7,10-12H,8-9H2. The molecule has 1 nitrogen and oxygen atoms in total. The summed E-state index contributed by atoms with van der Waals surface area (Å²) in [5.74, 6) is 0.225. The van der Waals surface area contributed by atoms with Gasteiger partial charge in [0, 0.05) is 12.0 Å². The largest absolute Gasteiger partial charge is 0.294 e. The van der Waals surface area contributed by atoms with Crippen molar-refractivity contribution in [2.45, 2.75) is 12.8 Å². The molecule has 2 heteroatoms. The van der Waals surface area contributed by atoms with Crippen molar-refractivity contribution in [3.63, 3.8) is 0 Å². The Morgan fingerprint density at radius 2 is 1.84 bits per heavy atom. The number of rotatable bonds is 4. The van der Waals surface area contributed by atoms with E-state index >= 15 is 0 Å². The number of hydrogen-bond donors (Lipinski definition) is 0. The normalized spacial score (nSPS) is 10.7. The molecule has 0 saturated carbocycles. The summed E-state index contributed by atoms with van der Waals surface area (Å²) < 4.78 is 0. The second-order valence-electron chi connectivity index (χ2n) is 4.58. The lowest BCUT2D eigenvalue weighted by Gasteiger charge is -2.05. The van der Waals surface area contributed by atoms with Gasteiger partial charge in [0.15, 0.2) is 5.78 Å². The maximum atomic E-state index is 12.4. The lowest BCUT2D eigenvalue weighted by Crippen LogP contribution is -2.01. The lowest BCUT2D eigenvalue weighted by atomic mass is 9.98. The molecule has 1 heterocycles. The van der Waals surface area contributed by atoms with Crippen LogP contribution in [0.3, 0.4) is 0 Å². The highest BCUT2D eigenvalue weighted by molar-refractivity contribution is 7.07. The van der Waals surface area contributed by atoms with Crippen LogP contribution >= 0.6 is 11.3 Å². The maximum Gasteiger partial charge on any atom is 0.163 e. The molecule has 1 aromatic heterocycles. The van der Waals surface area contributed by atoms with Crippen molar-refractivity contribution in [3.8, 4) is 0 Å². The Labute approximate surface area is 116 Å². The van der Waals surface area contributed by atoms with Crippen LogP contribution in [0.4, 0.5) is 0 Å². The van der Waals surface area contributed by atoms with Crippen molar-refractivity contribution in [1.82, 2.24) is 0 Å². The number of fused-ring (bicyclic) bond motifs is 1. The van der Waals surface area contributed by atoms with Gasteiger partial charge in [-0.05, 0) is 39.6 Å². The second-order valence-corrected chi connectivity index (χ2v) is 5.36. The number of carbonyl (C=O) groups excluding carboxylic acids is 1. The Bertz CT molecular complexity index is 693. The summed E-state index contributed by atoms with van der Waals surface area (Å²) in [5.41, 5.74) is 2.09. The fourth-order valence-electron chi connectivity index (χ4n) is 2.30. The zero-order valence-corrected chi connectivity index (χ0v) is 11.3. The van der Waals surface area contributed by atoms with Gasteiger partial charge in [0.1, 0.15) is 0 Å². The fourth-order valence-corrected chi connectivity index (χ4v) is 3.00. The summed E-state index contributed by atoms with van der Waals surface area (Å²) in [7, 11) is 0. The van der Waals surface area contributed by atoms with Crippen molar-refractivity contribution >= 4 is 27.9 Å². The van der Waals surface area contributed by atoms with Crippen LogP contribution in [0.5, 0.6) is 0 Å². The number of thiophene rings is 1. The third kappa shape index (κ3) is 2.59. The third-order valence-electron chi connectivity index (χ3n) is 3.31. The number of Topliss-reactive ketones (excluding diaryl/α,β-unsaturated/α-hetero) is 1. The summed E-state index contributed by atoms with van der Waals surface area (Å²) in [6, 6.07) is 16.1. The molecule has 0 unspecified atom stereocenters. The fraction of sp³-hybridized carbons (Fsp3) is 0.118. The molecule has 3 aromatic rings. The number of hydrogen-bond acceptors (Lipinski definition) is 2. The first-order chi connectivity index (χ1) is 9.34. The molecule has 0 aliphatic heterocycles. The quantitative estimate of drug-likeness (QED) is 0.625. The van der Waals surface area contributed by atoms with Crippen LogP contribution in [0.25, 0.3) is 10.8 Å². The summed E-state index contributed by atoms with van der Waals surface area (Å²) in [6.45, 7) is 0. The molecule has 94 valence electrons. The van der Waals surface area contributed by atoms with Crippen LogP contribution in [0, 0.1) is 0 Å². The molecule has 0 aliphatic carbocycles. The van der Waals surface area contributed by atoms with Crippen LogP contribution in [-0.2, 0) is 6.42 Å². The molecule has 0 bridgehead atoms. The van der Waals surface area contributed by atoms with Crippen molar-refractivity contribution in [2.75, 3.05) is 0 Å². The first-order valence-electron chi connectivity index (χ1n) is 6.36. The monoisotopic (exact) mass is 266 g/mol. The molecule has 0 saturated heterocycles. The molecular formula is C17H14OS. The Hall–Kier alpha value is -1.93. The Morgan fingerprint density at radius 1 is 1.00 bits per heavy atom. The molecule has 0 radical (unpaired) electrons. The SMILES string of the molecule is O=C(CCc1ccsc1)c1cccc2ccccc12. The molecule has 0 aliphatic rings. The Kier molecular flexibility index (Phi) is 3.43. The highest BCUT2D eigenvalue weighted by Crippen LogP contribution is 2.20. The first-order valence-corrected chi connectivity index (χ1v) is 7.31. The minimum absolute atomic E-state index is 0.225. The van der Waals surface area contributed by atoms with E-state index in [0.29, 0.717) is 6.42 Å². The summed E-state index contributed by atoms with van der Waals surface area (Å²) in [6.07, 6.45) is 1.40. The third-order valence-corrected chi connectivity index (χ3v) is 4.04. The van der Waals surface area contributed by atoms with Crippen molar-refractivity contribution in [2.24, 2.45) is 0 Å². The van der Waals surface area contributed by atoms with Gasteiger partial charge >= 0.3 is 0 Å². The van der Waals surface area contributed by atoms with Crippen molar-refractivity contribution in [1.29, 1.82) is 0 Å². The Morgan fingerprint density at radius 3 is 2.68 bits per heavy atom. The van der Waals surface area contributed by atoms with Crippen LogP contribution in [-0.4, -0.2) is 5.78 Å². The summed E-state index contributed by atoms with van der Waals surface area (Å²) in [5, 5.41) is 6.35. The minimum Gasteiger partial charge on any atom is -0.294 e. The molecule has 0 atom stereocenters. The van der Waals surface area contributed by atoms with Crippen LogP contribution in [0.15, 0.2) is 59.3 Å². The number of ketones is 1. The van der Waals surface area contributed by atoms with E-state index in [1.807, 2.05) is 42.5 Å². The predicted octanol–water partition coefficient (Wildman–Crippen LogP) is 4.72. The van der Waals surface area contributed by atoms with Gasteiger partial charge < -0.3 is 0 Å². The molecule has 19 heavy (non-hydrogen) atoms. The molecule has 3 rings (SSSR count). The highest BCUT2D eigenvalue weighted by Gasteiger charge is 2.09. The zero-order chi connectivity index (χ0) is 13.1. The van der Waals surface area contributed by atoms with E-state index in [1.165, 1.54) is 5.56 Å². The van der Waals surface area contributed by atoms with E-state index in [1.54, 1.807) is 11.3 Å². The second kappa shape index (κ2) is 5.37. The van der Waals surface area contributed by atoms with E-state index in [0.717, 1.165) is 22.8 Å². The summed E-state index contributed by atoms with van der Waals surface area (Å²) in [4.78, 5) is 12.4. The Balaban J connectivity index is 1.85. The number of benzene rings is 2. The van der Waals surface area contributed by atoms with Crippen LogP contribution < -0.4 is 0 Å². The van der Waals surface area contributed by atoms with E-state index < -0.39 is 0 Å². The first kappa shape index (κ1) is 12.1. The number of aryl methyl sites for hydroxylation is 1. The van der Waals surface area contributed by atoms with Crippen LogP contribution in [0.1, 0.15) is 22.3 Å². The van der Waals surface area contributed by atoms with E-state index in [4.69, 9.17) is 0 Å². The van der Waals surface area contributed by atoms with Gasteiger partial charge in [0.2, 0.25) is 0 Å². The van der Waals surface area contributed by atoms with E-state index in [9.17, 15) is 4.79 Å². The molecule has 0 spiro atoms. The van der Waals surface area contributed by atoms with Gasteiger partial charge in [-0.2, -0.15) is 11.3 Å². The smallest absolute Gasteiger partial charge is 0.163 e. The predicted molar refractivity (Wildman–Crippen MR) is 80.9 cm³/mol. The highest BCUT2D eigenvalue weighted by atomic mass is 32.1. The van der Waals surface area contributed by atoms with Gasteiger partial charge in [0.25, 0.3) is 0 Å². The molecule has 0 amide bonds. The van der Waals surface area contributed by atoms with Crippen LogP contribution in [0.2, 0.25) is 0 Å². The van der Waals surface area contributed by atoms with Crippen molar-refractivity contribution in [3.05, 3.63) is 70.4 Å². The average Bonchev–Trinajstić information content (AvgIpc) is 2.97.